The van der Waals surface area contributed by atoms with Crippen molar-refractivity contribution in [1.82, 2.24) is 20.1 Å². The van der Waals surface area contributed by atoms with Gasteiger partial charge in [-0.25, -0.2) is 0 Å². The zero-order chi connectivity index (χ0) is 20.5. The number of nitrogens with one attached hydrogen (secondary N) is 1. The first kappa shape index (κ1) is 21.8. The lowest BCUT2D eigenvalue weighted by molar-refractivity contribution is -0.127. The van der Waals surface area contributed by atoms with Gasteiger partial charge >= 0.3 is 0 Å². The second-order valence-electron chi connectivity index (χ2n) is 6.87. The van der Waals surface area contributed by atoms with E-state index in [0.717, 1.165) is 30.4 Å². The molecular weight excluding hydrogens is 374 g/mol. The lowest BCUT2D eigenvalue weighted by atomic mass is 10.2. The normalized spacial score (nSPS) is 11.9. The third kappa shape index (κ3) is 5.99. The number of carbonyl (C=O) groups excluding carboxylic acids is 1. The van der Waals surface area contributed by atoms with Crippen LogP contribution in [0.3, 0.4) is 0 Å². The van der Waals surface area contributed by atoms with E-state index in [1.807, 2.05) is 6.26 Å². The average Bonchev–Trinajstić information content (AvgIpc) is 3.06. The van der Waals surface area contributed by atoms with Gasteiger partial charge in [-0.3, -0.25) is 4.79 Å². The van der Waals surface area contributed by atoms with Crippen LogP contribution in [0.25, 0.3) is 0 Å². The summed E-state index contributed by atoms with van der Waals surface area (Å²) in [7, 11) is 0. The number of thioether (sulfide) groups is 1. The maximum atomic E-state index is 12.3. The molecule has 0 aliphatic rings. The maximum absolute atomic E-state index is 12.3. The monoisotopic (exact) mass is 401 g/mol. The van der Waals surface area contributed by atoms with E-state index < -0.39 is 6.10 Å². The molecule has 1 N–H and O–H groups in total. The highest BCUT2D eigenvalue weighted by Crippen LogP contribution is 2.18. The van der Waals surface area contributed by atoms with Gasteiger partial charge in [0.2, 0.25) is 0 Å². The molecule has 1 aromatic carbocycles. The molecule has 1 atom stereocenters. The SMILES string of the molecule is CSc1nnc(CCCNC(=O)C(C)Oc2ccccc2C#N)n1CC(C)C. The Morgan fingerprint density at radius 1 is 1.32 bits per heavy atom. The summed E-state index contributed by atoms with van der Waals surface area (Å²) < 4.78 is 7.78. The van der Waals surface area contributed by atoms with Crippen molar-refractivity contribution in [3.05, 3.63) is 35.7 Å². The van der Waals surface area contributed by atoms with Gasteiger partial charge in [0.15, 0.2) is 11.3 Å². The molecule has 0 saturated carbocycles. The number of aryl methyl sites for hydroxylation is 1. The van der Waals surface area contributed by atoms with Crippen LogP contribution in [0, 0.1) is 17.2 Å². The van der Waals surface area contributed by atoms with Crippen molar-refractivity contribution in [1.29, 1.82) is 5.26 Å². The predicted octanol–water partition coefficient (Wildman–Crippen LogP) is 3.04. The Morgan fingerprint density at radius 3 is 2.75 bits per heavy atom. The van der Waals surface area contributed by atoms with Gasteiger partial charge in [0.05, 0.1) is 5.56 Å². The number of carbonyl (C=O) groups is 1. The first-order chi connectivity index (χ1) is 13.5. The molecule has 1 heterocycles. The first-order valence-electron chi connectivity index (χ1n) is 9.35. The fourth-order valence-corrected chi connectivity index (χ4v) is 3.23. The minimum atomic E-state index is -0.679. The smallest absolute Gasteiger partial charge is 0.260 e. The second kappa shape index (κ2) is 10.7. The summed E-state index contributed by atoms with van der Waals surface area (Å²) in [5, 5.41) is 21.4. The predicted molar refractivity (Wildman–Crippen MR) is 109 cm³/mol. The van der Waals surface area contributed by atoms with Crippen molar-refractivity contribution in [2.24, 2.45) is 5.92 Å². The summed E-state index contributed by atoms with van der Waals surface area (Å²) in [4.78, 5) is 12.3. The van der Waals surface area contributed by atoms with E-state index >= 15 is 0 Å². The molecule has 1 aromatic heterocycles. The Hall–Kier alpha value is -2.53. The second-order valence-corrected chi connectivity index (χ2v) is 7.64. The van der Waals surface area contributed by atoms with Gasteiger partial charge in [0.25, 0.3) is 5.91 Å². The van der Waals surface area contributed by atoms with Gasteiger partial charge in [-0.2, -0.15) is 5.26 Å². The molecule has 8 heteroatoms. The standard InChI is InChI=1S/C20H27N5O2S/c1-14(2)13-25-18(23-24-20(25)28-4)10-7-11-22-19(26)15(3)27-17-9-6-5-8-16(17)12-21/h5-6,8-9,14-15H,7,10-11,13H2,1-4H3,(H,22,26). The molecule has 0 aliphatic carbocycles. The number of aromatic nitrogens is 3. The Labute approximate surface area is 170 Å². The van der Waals surface area contributed by atoms with E-state index in [4.69, 9.17) is 10.00 Å². The van der Waals surface area contributed by atoms with Crippen molar-refractivity contribution in [2.45, 2.75) is 51.4 Å². The van der Waals surface area contributed by atoms with E-state index in [2.05, 4.69) is 40.0 Å². The minimum absolute atomic E-state index is 0.207. The largest absolute Gasteiger partial charge is 0.480 e. The van der Waals surface area contributed by atoms with Crippen molar-refractivity contribution in [3.8, 4) is 11.8 Å². The Bertz CT molecular complexity index is 828. The van der Waals surface area contributed by atoms with Gasteiger partial charge in [0, 0.05) is 19.5 Å². The van der Waals surface area contributed by atoms with E-state index in [0.29, 0.717) is 23.8 Å². The van der Waals surface area contributed by atoms with Crippen LogP contribution in [0.4, 0.5) is 0 Å². The van der Waals surface area contributed by atoms with E-state index in [1.54, 1.807) is 43.0 Å². The summed E-state index contributed by atoms with van der Waals surface area (Å²) in [5.41, 5.74) is 0.413. The molecule has 1 amide bonds. The fourth-order valence-electron chi connectivity index (χ4n) is 2.71. The maximum Gasteiger partial charge on any atom is 0.260 e. The highest BCUT2D eigenvalue weighted by Gasteiger charge is 2.16. The Balaban J connectivity index is 1.83. The number of nitriles is 1. The molecule has 2 aromatic rings. The van der Waals surface area contributed by atoms with Crippen LogP contribution >= 0.6 is 11.8 Å². The minimum Gasteiger partial charge on any atom is -0.480 e. The number of hydrogen-bond acceptors (Lipinski definition) is 6. The third-order valence-electron chi connectivity index (χ3n) is 4.08. The Kier molecular flexibility index (Phi) is 8.33. The highest BCUT2D eigenvalue weighted by molar-refractivity contribution is 7.98. The van der Waals surface area contributed by atoms with Crippen LogP contribution in [0.15, 0.2) is 29.4 Å². The zero-order valence-electron chi connectivity index (χ0n) is 16.8. The lowest BCUT2D eigenvalue weighted by Gasteiger charge is -2.15. The molecule has 0 aliphatic heterocycles. The lowest BCUT2D eigenvalue weighted by Crippen LogP contribution is -2.37. The third-order valence-corrected chi connectivity index (χ3v) is 4.75. The fraction of sp³-hybridized carbons (Fsp3) is 0.500. The molecular formula is C20H27N5O2S. The van der Waals surface area contributed by atoms with Crippen molar-refractivity contribution in [3.63, 3.8) is 0 Å². The number of ether oxygens (including phenoxy) is 1. The summed E-state index contributed by atoms with van der Waals surface area (Å²) in [6, 6.07) is 8.95. The summed E-state index contributed by atoms with van der Waals surface area (Å²) in [5.74, 6) is 1.66. The van der Waals surface area contributed by atoms with Crippen LogP contribution in [0.1, 0.15) is 38.6 Å². The molecule has 7 nitrogen and oxygen atoms in total. The summed E-state index contributed by atoms with van der Waals surface area (Å²) in [6.07, 6.45) is 2.82. The van der Waals surface area contributed by atoms with Crippen LogP contribution < -0.4 is 10.1 Å². The van der Waals surface area contributed by atoms with Crippen LogP contribution in [-0.2, 0) is 17.8 Å². The molecule has 150 valence electrons. The molecule has 1 unspecified atom stereocenters. The van der Waals surface area contributed by atoms with Crippen molar-refractivity contribution >= 4 is 17.7 Å². The summed E-state index contributed by atoms with van der Waals surface area (Å²) >= 11 is 1.59. The van der Waals surface area contributed by atoms with E-state index in [9.17, 15) is 4.79 Å². The Morgan fingerprint density at radius 2 is 2.07 bits per heavy atom. The number of para-hydroxylation sites is 1. The number of nitrogens with zero attached hydrogens (tertiary/aromatic N) is 4. The van der Waals surface area contributed by atoms with Crippen LogP contribution in [0.5, 0.6) is 5.75 Å². The highest BCUT2D eigenvalue weighted by atomic mass is 32.2. The molecule has 0 saturated heterocycles. The topological polar surface area (TPSA) is 92.8 Å². The van der Waals surface area contributed by atoms with Crippen molar-refractivity contribution in [2.75, 3.05) is 12.8 Å². The summed E-state index contributed by atoms with van der Waals surface area (Å²) in [6.45, 7) is 7.41. The number of hydrogen-bond donors (Lipinski definition) is 1. The van der Waals surface area contributed by atoms with Crippen molar-refractivity contribution < 1.29 is 9.53 Å². The molecule has 2 rings (SSSR count). The van der Waals surface area contributed by atoms with E-state index in [1.165, 1.54) is 0 Å². The average molecular weight is 402 g/mol. The van der Waals surface area contributed by atoms with Gasteiger partial charge in [-0.1, -0.05) is 37.7 Å². The van der Waals surface area contributed by atoms with Gasteiger partial charge in [-0.05, 0) is 37.7 Å². The molecule has 0 fully saturated rings. The first-order valence-corrected chi connectivity index (χ1v) is 10.6. The quantitative estimate of drug-likeness (QED) is 0.486. The van der Waals surface area contributed by atoms with Crippen LogP contribution in [-0.4, -0.2) is 39.6 Å². The number of rotatable bonds is 10. The van der Waals surface area contributed by atoms with Gasteiger partial charge in [0.1, 0.15) is 17.6 Å². The van der Waals surface area contributed by atoms with E-state index in [-0.39, 0.29) is 5.91 Å². The van der Waals surface area contributed by atoms with Gasteiger partial charge < -0.3 is 14.6 Å². The number of benzene rings is 1. The molecule has 28 heavy (non-hydrogen) atoms. The van der Waals surface area contributed by atoms with Crippen LogP contribution in [0.2, 0.25) is 0 Å². The molecule has 0 bridgehead atoms. The number of amides is 1. The molecule has 0 spiro atoms. The van der Waals surface area contributed by atoms with Gasteiger partial charge in [-0.15, -0.1) is 10.2 Å². The molecule has 0 radical (unpaired) electrons. The zero-order valence-corrected chi connectivity index (χ0v) is 17.6.